The number of carbonyl (C=O) groups is 1. The average Bonchev–Trinajstić information content (AvgIpc) is 2.38. The summed E-state index contributed by atoms with van der Waals surface area (Å²) in [6, 6.07) is 0. The van der Waals surface area contributed by atoms with Crippen LogP contribution in [0, 0.1) is 5.92 Å². The predicted octanol–water partition coefficient (Wildman–Crippen LogP) is 2.36. The Balaban J connectivity index is 3.06. The van der Waals surface area contributed by atoms with Gasteiger partial charge in [-0.3, -0.25) is 4.79 Å². The third kappa shape index (κ3) is 3.67. The molecule has 1 aromatic heterocycles. The summed E-state index contributed by atoms with van der Waals surface area (Å²) in [5, 5.41) is 3.17. The standard InChI is InChI=1S/C14H23ClN4O/c1-8(2)12-17-6-10(15)11(18-12)13(20)19-14(5,7-16)9(3)4/h6,8-9H,7,16H2,1-5H3,(H,19,20). The zero-order chi connectivity index (χ0) is 15.5. The zero-order valence-electron chi connectivity index (χ0n) is 12.7. The summed E-state index contributed by atoms with van der Waals surface area (Å²) >= 11 is 6.03. The first-order valence-electron chi connectivity index (χ1n) is 6.76. The normalized spacial score (nSPS) is 14.4. The number of hydrogen-bond acceptors (Lipinski definition) is 4. The van der Waals surface area contributed by atoms with E-state index in [1.54, 1.807) is 0 Å². The van der Waals surface area contributed by atoms with Gasteiger partial charge in [-0.25, -0.2) is 9.97 Å². The molecule has 0 saturated carbocycles. The zero-order valence-corrected chi connectivity index (χ0v) is 13.5. The van der Waals surface area contributed by atoms with E-state index >= 15 is 0 Å². The summed E-state index contributed by atoms with van der Waals surface area (Å²) in [4.78, 5) is 20.8. The monoisotopic (exact) mass is 298 g/mol. The van der Waals surface area contributed by atoms with Crippen molar-refractivity contribution in [3.8, 4) is 0 Å². The Bertz CT molecular complexity index is 490. The predicted molar refractivity (Wildman–Crippen MR) is 80.9 cm³/mol. The van der Waals surface area contributed by atoms with Crippen molar-refractivity contribution >= 4 is 17.5 Å². The van der Waals surface area contributed by atoms with Crippen LogP contribution in [0.25, 0.3) is 0 Å². The summed E-state index contributed by atoms with van der Waals surface area (Å²) in [6.45, 7) is 10.2. The van der Waals surface area contributed by atoms with E-state index < -0.39 is 5.54 Å². The van der Waals surface area contributed by atoms with E-state index in [9.17, 15) is 4.79 Å². The molecule has 1 atom stereocenters. The third-order valence-electron chi connectivity index (χ3n) is 3.59. The topological polar surface area (TPSA) is 80.9 Å². The van der Waals surface area contributed by atoms with Crippen LogP contribution < -0.4 is 11.1 Å². The van der Waals surface area contributed by atoms with Crippen LogP contribution in [0.4, 0.5) is 0 Å². The molecule has 5 nitrogen and oxygen atoms in total. The van der Waals surface area contributed by atoms with E-state index in [4.69, 9.17) is 17.3 Å². The first kappa shape index (κ1) is 16.9. The average molecular weight is 299 g/mol. The highest BCUT2D eigenvalue weighted by Crippen LogP contribution is 2.19. The molecular weight excluding hydrogens is 276 g/mol. The molecule has 1 unspecified atom stereocenters. The van der Waals surface area contributed by atoms with Gasteiger partial charge in [-0.2, -0.15) is 0 Å². The lowest BCUT2D eigenvalue weighted by Gasteiger charge is -2.33. The third-order valence-corrected chi connectivity index (χ3v) is 3.87. The van der Waals surface area contributed by atoms with Crippen molar-refractivity contribution < 1.29 is 4.79 Å². The molecule has 0 aliphatic carbocycles. The molecule has 0 radical (unpaired) electrons. The van der Waals surface area contributed by atoms with E-state index in [0.29, 0.717) is 12.4 Å². The van der Waals surface area contributed by atoms with Crippen molar-refractivity contribution in [2.24, 2.45) is 11.7 Å². The second-order valence-corrected chi connectivity index (χ2v) is 6.22. The number of carbonyl (C=O) groups excluding carboxylic acids is 1. The number of hydrogen-bond donors (Lipinski definition) is 2. The Morgan fingerprint density at radius 3 is 2.50 bits per heavy atom. The molecule has 20 heavy (non-hydrogen) atoms. The van der Waals surface area contributed by atoms with E-state index in [1.807, 2.05) is 34.6 Å². The summed E-state index contributed by atoms with van der Waals surface area (Å²) in [6.07, 6.45) is 1.47. The van der Waals surface area contributed by atoms with Gasteiger partial charge in [0.1, 0.15) is 11.5 Å². The van der Waals surface area contributed by atoms with Crippen molar-refractivity contribution in [1.29, 1.82) is 0 Å². The van der Waals surface area contributed by atoms with Gasteiger partial charge in [0.2, 0.25) is 0 Å². The van der Waals surface area contributed by atoms with Crippen molar-refractivity contribution in [1.82, 2.24) is 15.3 Å². The summed E-state index contributed by atoms with van der Waals surface area (Å²) in [7, 11) is 0. The number of amides is 1. The number of nitrogens with two attached hydrogens (primary N) is 1. The minimum absolute atomic E-state index is 0.129. The fraction of sp³-hybridized carbons (Fsp3) is 0.643. The molecule has 1 rings (SSSR count). The fourth-order valence-corrected chi connectivity index (χ4v) is 1.74. The molecule has 1 aromatic rings. The van der Waals surface area contributed by atoms with Crippen LogP contribution in [0.1, 0.15) is 56.8 Å². The first-order chi connectivity index (χ1) is 9.21. The lowest BCUT2D eigenvalue weighted by Crippen LogP contribution is -2.55. The Kier molecular flexibility index (Phi) is 5.48. The molecule has 0 aliphatic rings. The van der Waals surface area contributed by atoms with Crippen LogP contribution >= 0.6 is 11.6 Å². The van der Waals surface area contributed by atoms with Gasteiger partial charge in [-0.15, -0.1) is 0 Å². The highest BCUT2D eigenvalue weighted by atomic mass is 35.5. The lowest BCUT2D eigenvalue weighted by atomic mass is 9.88. The smallest absolute Gasteiger partial charge is 0.272 e. The molecule has 3 N–H and O–H groups in total. The summed E-state index contributed by atoms with van der Waals surface area (Å²) in [5.41, 5.74) is 5.47. The van der Waals surface area contributed by atoms with E-state index in [-0.39, 0.29) is 28.5 Å². The fourth-order valence-electron chi connectivity index (χ4n) is 1.57. The maximum Gasteiger partial charge on any atom is 0.272 e. The maximum absolute atomic E-state index is 12.4. The van der Waals surface area contributed by atoms with Crippen LogP contribution in [0.15, 0.2) is 6.20 Å². The molecule has 112 valence electrons. The van der Waals surface area contributed by atoms with Crippen LogP contribution in [0.3, 0.4) is 0 Å². The molecule has 1 amide bonds. The van der Waals surface area contributed by atoms with Gasteiger partial charge in [0.25, 0.3) is 5.91 Å². The quantitative estimate of drug-likeness (QED) is 0.874. The second-order valence-electron chi connectivity index (χ2n) is 5.81. The van der Waals surface area contributed by atoms with Crippen LogP contribution in [0.2, 0.25) is 5.02 Å². The van der Waals surface area contributed by atoms with Gasteiger partial charge in [0.05, 0.1) is 16.8 Å². The van der Waals surface area contributed by atoms with Gasteiger partial charge in [-0.1, -0.05) is 39.3 Å². The van der Waals surface area contributed by atoms with Crippen molar-refractivity contribution in [3.05, 3.63) is 22.7 Å². The van der Waals surface area contributed by atoms with Crippen LogP contribution in [-0.2, 0) is 0 Å². The maximum atomic E-state index is 12.4. The van der Waals surface area contributed by atoms with Gasteiger partial charge in [0.15, 0.2) is 0 Å². The largest absolute Gasteiger partial charge is 0.344 e. The Hall–Kier alpha value is -1.20. The molecular formula is C14H23ClN4O. The summed E-state index contributed by atoms with van der Waals surface area (Å²) in [5.74, 6) is 0.603. The first-order valence-corrected chi connectivity index (χ1v) is 7.14. The van der Waals surface area contributed by atoms with Gasteiger partial charge >= 0.3 is 0 Å². The number of halogens is 1. The molecule has 6 heteroatoms. The number of nitrogens with zero attached hydrogens (tertiary/aromatic N) is 2. The number of nitrogens with one attached hydrogen (secondary N) is 1. The van der Waals surface area contributed by atoms with Gasteiger partial charge < -0.3 is 11.1 Å². The SMILES string of the molecule is CC(C)c1ncc(Cl)c(C(=O)NC(C)(CN)C(C)C)n1. The molecule has 0 aromatic carbocycles. The van der Waals surface area contributed by atoms with Gasteiger partial charge in [-0.05, 0) is 12.8 Å². The van der Waals surface area contributed by atoms with Crippen LogP contribution in [-0.4, -0.2) is 28.0 Å². The Morgan fingerprint density at radius 1 is 1.45 bits per heavy atom. The van der Waals surface area contributed by atoms with E-state index in [2.05, 4.69) is 15.3 Å². The molecule has 0 bridgehead atoms. The van der Waals surface area contributed by atoms with Crippen molar-refractivity contribution in [2.45, 2.75) is 46.1 Å². The van der Waals surface area contributed by atoms with Gasteiger partial charge in [0, 0.05) is 12.5 Å². The Labute approximate surface area is 125 Å². The minimum Gasteiger partial charge on any atom is -0.344 e. The van der Waals surface area contributed by atoms with Crippen LogP contribution in [0.5, 0.6) is 0 Å². The minimum atomic E-state index is -0.497. The second kappa shape index (κ2) is 6.50. The van der Waals surface area contributed by atoms with Crippen molar-refractivity contribution in [3.63, 3.8) is 0 Å². The van der Waals surface area contributed by atoms with E-state index in [0.717, 1.165) is 0 Å². The molecule has 0 saturated heterocycles. The number of aromatic nitrogens is 2. The number of rotatable bonds is 5. The molecule has 0 spiro atoms. The Morgan fingerprint density at radius 2 is 2.05 bits per heavy atom. The van der Waals surface area contributed by atoms with Crippen molar-refractivity contribution in [2.75, 3.05) is 6.54 Å². The molecule has 0 fully saturated rings. The lowest BCUT2D eigenvalue weighted by molar-refractivity contribution is 0.0877. The summed E-state index contributed by atoms with van der Waals surface area (Å²) < 4.78 is 0. The highest BCUT2D eigenvalue weighted by Gasteiger charge is 2.30. The molecule has 0 aliphatic heterocycles. The molecule has 1 heterocycles. The highest BCUT2D eigenvalue weighted by molar-refractivity contribution is 6.33. The van der Waals surface area contributed by atoms with E-state index in [1.165, 1.54) is 6.20 Å².